The van der Waals surface area contributed by atoms with Crippen molar-refractivity contribution in [2.45, 2.75) is 11.2 Å². The Kier molecular flexibility index (Phi) is 4.90. The first-order valence-electron chi connectivity index (χ1n) is 8.31. The van der Waals surface area contributed by atoms with Crippen molar-refractivity contribution in [1.82, 2.24) is 0 Å². The molecule has 5 heteroatoms. The lowest BCUT2D eigenvalue weighted by atomic mass is 9.74. The number of rotatable bonds is 6. The van der Waals surface area contributed by atoms with Crippen LogP contribution in [0, 0.1) is 0 Å². The fourth-order valence-corrected chi connectivity index (χ4v) is 3.08. The van der Waals surface area contributed by atoms with E-state index in [4.69, 9.17) is 0 Å². The van der Waals surface area contributed by atoms with Crippen LogP contribution in [-0.2, 0) is 20.8 Å². The van der Waals surface area contributed by atoms with Crippen molar-refractivity contribution in [3.63, 3.8) is 0 Å². The zero-order chi connectivity index (χ0) is 19.5. The van der Waals surface area contributed by atoms with Gasteiger partial charge in [-0.05, 0) is 11.1 Å². The van der Waals surface area contributed by atoms with Crippen LogP contribution in [0.1, 0.15) is 16.7 Å². The van der Waals surface area contributed by atoms with E-state index in [0.717, 1.165) is 0 Å². The van der Waals surface area contributed by atoms with Crippen molar-refractivity contribution in [2.75, 3.05) is 0 Å². The van der Waals surface area contributed by atoms with Crippen LogP contribution in [0.25, 0.3) is 0 Å². The van der Waals surface area contributed by atoms with Crippen LogP contribution in [0.4, 0.5) is 0 Å². The molecule has 3 aromatic rings. The molecule has 5 nitrogen and oxygen atoms in total. The molecule has 3 aromatic carbocycles. The Labute approximate surface area is 156 Å². The zero-order valence-corrected chi connectivity index (χ0v) is 14.3. The Balaban J connectivity index is 2.26. The number of carboxylic acids is 1. The average molecular weight is 362 g/mol. The Morgan fingerprint density at radius 1 is 0.593 bits per heavy atom. The maximum atomic E-state index is 13.4. The molecule has 3 rings (SSSR count). The third kappa shape index (κ3) is 3.03. The lowest BCUT2D eigenvalue weighted by Gasteiger charge is -2.34. The molecular formula is C22H18O5. The van der Waals surface area contributed by atoms with Gasteiger partial charge < -0.3 is 15.3 Å². The van der Waals surface area contributed by atoms with Crippen LogP contribution < -0.4 is 0 Å². The summed E-state index contributed by atoms with van der Waals surface area (Å²) in [5.41, 5.74) is -5.09. The van der Waals surface area contributed by atoms with E-state index in [0.29, 0.717) is 0 Å². The summed E-state index contributed by atoms with van der Waals surface area (Å²) in [6, 6.07) is 23.3. The van der Waals surface area contributed by atoms with Gasteiger partial charge in [0.1, 0.15) is 0 Å². The summed E-state index contributed by atoms with van der Waals surface area (Å²) < 4.78 is 0. The molecule has 0 bridgehead atoms. The number of hydrogen-bond acceptors (Lipinski definition) is 4. The van der Waals surface area contributed by atoms with Gasteiger partial charge in [0.2, 0.25) is 11.4 Å². The third-order valence-corrected chi connectivity index (χ3v) is 4.54. The van der Waals surface area contributed by atoms with Crippen LogP contribution in [0.15, 0.2) is 91.0 Å². The maximum absolute atomic E-state index is 13.4. The summed E-state index contributed by atoms with van der Waals surface area (Å²) in [4.78, 5) is 25.4. The second-order valence-corrected chi connectivity index (χ2v) is 6.15. The Bertz CT molecular complexity index is 899. The number of carbonyl (C=O) groups is 2. The van der Waals surface area contributed by atoms with Crippen molar-refractivity contribution in [2.24, 2.45) is 0 Å². The summed E-state index contributed by atoms with van der Waals surface area (Å²) in [6.45, 7) is 0. The van der Waals surface area contributed by atoms with E-state index in [1.165, 1.54) is 48.5 Å². The van der Waals surface area contributed by atoms with Crippen LogP contribution in [0.5, 0.6) is 0 Å². The highest BCUT2D eigenvalue weighted by molar-refractivity contribution is 6.12. The Morgan fingerprint density at radius 3 is 1.26 bits per heavy atom. The number of ketones is 1. The molecule has 0 saturated carbocycles. The van der Waals surface area contributed by atoms with Gasteiger partial charge in [0.15, 0.2) is 5.60 Å². The smallest absolute Gasteiger partial charge is 0.348 e. The number of hydrogen-bond donors (Lipinski definition) is 3. The molecule has 0 aliphatic heterocycles. The summed E-state index contributed by atoms with van der Waals surface area (Å²) in [5, 5.41) is 32.2. The molecule has 0 aliphatic rings. The topological polar surface area (TPSA) is 94.8 Å². The summed E-state index contributed by atoms with van der Waals surface area (Å²) in [6.07, 6.45) is 0. The molecule has 3 N–H and O–H groups in total. The zero-order valence-electron chi connectivity index (χ0n) is 14.3. The van der Waals surface area contributed by atoms with E-state index in [-0.39, 0.29) is 16.7 Å². The van der Waals surface area contributed by atoms with E-state index in [1.807, 2.05) is 0 Å². The van der Waals surface area contributed by atoms with Gasteiger partial charge in [0, 0.05) is 5.56 Å². The van der Waals surface area contributed by atoms with Gasteiger partial charge in [-0.3, -0.25) is 4.79 Å². The SMILES string of the molecule is O=C(O)C(O)(C(=O)C(O)(c1ccccc1)c1ccccc1)c1ccccc1. The van der Waals surface area contributed by atoms with E-state index in [2.05, 4.69) is 0 Å². The van der Waals surface area contributed by atoms with Gasteiger partial charge in [0.25, 0.3) is 0 Å². The van der Waals surface area contributed by atoms with Crippen molar-refractivity contribution < 1.29 is 24.9 Å². The average Bonchev–Trinajstić information content (AvgIpc) is 2.73. The van der Waals surface area contributed by atoms with E-state index >= 15 is 0 Å². The molecule has 0 aliphatic carbocycles. The quantitative estimate of drug-likeness (QED) is 0.586. The number of carboxylic acid groups (broad SMARTS) is 1. The molecule has 0 heterocycles. The summed E-state index contributed by atoms with van der Waals surface area (Å²) in [7, 11) is 0. The van der Waals surface area contributed by atoms with E-state index < -0.39 is 23.0 Å². The largest absolute Gasteiger partial charge is 0.478 e. The van der Waals surface area contributed by atoms with Crippen LogP contribution in [-0.4, -0.2) is 27.1 Å². The first kappa shape index (κ1) is 18.5. The van der Waals surface area contributed by atoms with Crippen molar-refractivity contribution in [3.8, 4) is 0 Å². The van der Waals surface area contributed by atoms with Crippen LogP contribution >= 0.6 is 0 Å². The number of aliphatic carboxylic acids is 1. The van der Waals surface area contributed by atoms with Gasteiger partial charge in [-0.25, -0.2) is 4.79 Å². The van der Waals surface area contributed by atoms with Crippen molar-refractivity contribution in [3.05, 3.63) is 108 Å². The molecule has 0 aromatic heterocycles. The fourth-order valence-electron chi connectivity index (χ4n) is 3.08. The highest BCUT2D eigenvalue weighted by atomic mass is 16.4. The maximum Gasteiger partial charge on any atom is 0.348 e. The summed E-state index contributed by atoms with van der Waals surface area (Å²) in [5.74, 6) is -3.02. The fraction of sp³-hybridized carbons (Fsp3) is 0.0909. The highest BCUT2D eigenvalue weighted by Crippen LogP contribution is 2.38. The number of Topliss-reactive ketones (excluding diaryl/α,β-unsaturated/α-hetero) is 1. The summed E-state index contributed by atoms with van der Waals surface area (Å²) >= 11 is 0. The van der Waals surface area contributed by atoms with Crippen LogP contribution in [0.2, 0.25) is 0 Å². The minimum absolute atomic E-state index is 0.132. The Hall–Kier alpha value is -3.28. The van der Waals surface area contributed by atoms with Gasteiger partial charge >= 0.3 is 5.97 Å². The molecule has 0 radical (unpaired) electrons. The van der Waals surface area contributed by atoms with Crippen molar-refractivity contribution >= 4 is 11.8 Å². The van der Waals surface area contributed by atoms with E-state index in [9.17, 15) is 24.9 Å². The second-order valence-electron chi connectivity index (χ2n) is 6.15. The minimum Gasteiger partial charge on any atom is -0.478 e. The number of carbonyl (C=O) groups excluding carboxylic acids is 1. The lowest BCUT2D eigenvalue weighted by Crippen LogP contribution is -2.54. The predicted octanol–water partition coefficient (Wildman–Crippen LogP) is 2.46. The first-order valence-corrected chi connectivity index (χ1v) is 8.31. The molecular weight excluding hydrogens is 344 g/mol. The standard InChI is InChI=1S/C22H18O5/c23-19(22(27,20(24)25)18-14-8-3-9-15-18)21(26,16-10-4-1-5-11-16)17-12-6-2-7-13-17/h1-15,26-27H,(H,24,25). The predicted molar refractivity (Wildman–Crippen MR) is 98.9 cm³/mol. The van der Waals surface area contributed by atoms with Gasteiger partial charge in [-0.2, -0.15) is 0 Å². The first-order chi connectivity index (χ1) is 12.9. The minimum atomic E-state index is -2.93. The van der Waals surface area contributed by atoms with Gasteiger partial charge in [-0.15, -0.1) is 0 Å². The second kappa shape index (κ2) is 7.15. The number of aliphatic hydroxyl groups is 2. The van der Waals surface area contributed by atoms with Crippen molar-refractivity contribution in [1.29, 1.82) is 0 Å². The molecule has 0 saturated heterocycles. The normalized spacial score (nSPS) is 13.6. The van der Waals surface area contributed by atoms with E-state index in [1.54, 1.807) is 42.5 Å². The molecule has 0 fully saturated rings. The molecule has 136 valence electrons. The molecule has 0 amide bonds. The molecule has 1 unspecified atom stereocenters. The van der Waals surface area contributed by atoms with Gasteiger partial charge in [0.05, 0.1) is 0 Å². The number of benzene rings is 3. The lowest BCUT2D eigenvalue weighted by molar-refractivity contribution is -0.174. The Morgan fingerprint density at radius 2 is 0.926 bits per heavy atom. The van der Waals surface area contributed by atoms with Crippen LogP contribution in [0.3, 0.4) is 0 Å². The monoisotopic (exact) mass is 362 g/mol. The third-order valence-electron chi connectivity index (χ3n) is 4.54. The highest BCUT2D eigenvalue weighted by Gasteiger charge is 2.56. The van der Waals surface area contributed by atoms with Gasteiger partial charge in [-0.1, -0.05) is 91.0 Å². The molecule has 1 atom stereocenters. The molecule has 27 heavy (non-hydrogen) atoms. The molecule has 0 spiro atoms.